The summed E-state index contributed by atoms with van der Waals surface area (Å²) in [7, 11) is 3.24. The van der Waals surface area contributed by atoms with Crippen LogP contribution in [0.5, 0.6) is 11.5 Å². The van der Waals surface area contributed by atoms with Gasteiger partial charge in [0.1, 0.15) is 11.5 Å². The smallest absolute Gasteiger partial charge is 0.216 e. The summed E-state index contributed by atoms with van der Waals surface area (Å²) < 4.78 is 12.7. The summed E-state index contributed by atoms with van der Waals surface area (Å²) in [5.41, 5.74) is 1.64. The van der Waals surface area contributed by atoms with Gasteiger partial charge in [-0.15, -0.1) is 0 Å². The summed E-state index contributed by atoms with van der Waals surface area (Å²) in [6.45, 7) is 0. The van der Waals surface area contributed by atoms with Crippen molar-refractivity contribution in [3.63, 3.8) is 0 Å². The Morgan fingerprint density at radius 3 is 2.46 bits per heavy atom. The Kier molecular flexibility index (Phi) is 4.72. The van der Waals surface area contributed by atoms with Crippen molar-refractivity contribution in [3.8, 4) is 22.9 Å². The van der Waals surface area contributed by atoms with Crippen molar-refractivity contribution in [3.05, 3.63) is 58.9 Å². The number of H-pyrrole nitrogens is 1. The molecule has 0 aliphatic rings. The van der Waals surface area contributed by atoms with Gasteiger partial charge in [-0.3, -0.25) is 0 Å². The number of ether oxygens (including phenoxy) is 2. The number of para-hydroxylation sites is 2. The third-order valence-electron chi connectivity index (χ3n) is 3.45. The van der Waals surface area contributed by atoms with Crippen LogP contribution in [-0.2, 0) is 0 Å². The number of hydrogen-bond acceptors (Lipinski definition) is 5. The molecule has 0 aliphatic carbocycles. The van der Waals surface area contributed by atoms with Crippen LogP contribution in [0.15, 0.2) is 53.6 Å². The number of hydrogen-bond donors (Lipinski definition) is 1. The standard InChI is InChI=1S/C17H16N4O2S/c1-22-14-9-5-3-7-12(14)11-18-21-16(19-20-17(21)24)13-8-4-6-10-15(13)23-2/h3-11H,1-2H3,(H,20,24)/b18-11+. The Balaban J connectivity index is 2.05. The minimum Gasteiger partial charge on any atom is -0.496 e. The lowest BCUT2D eigenvalue weighted by molar-refractivity contribution is 0.414. The SMILES string of the molecule is COc1ccccc1/C=N/n1c(-c2ccccc2OC)n[nH]c1=S. The maximum atomic E-state index is 5.39. The van der Waals surface area contributed by atoms with E-state index < -0.39 is 0 Å². The zero-order valence-electron chi connectivity index (χ0n) is 13.3. The van der Waals surface area contributed by atoms with Gasteiger partial charge in [0.2, 0.25) is 4.77 Å². The van der Waals surface area contributed by atoms with E-state index in [1.165, 1.54) is 0 Å². The Morgan fingerprint density at radius 1 is 1.04 bits per heavy atom. The third-order valence-corrected chi connectivity index (χ3v) is 3.71. The Bertz CT molecular complexity index is 930. The van der Waals surface area contributed by atoms with E-state index in [9.17, 15) is 0 Å². The van der Waals surface area contributed by atoms with Gasteiger partial charge in [0.15, 0.2) is 5.82 Å². The maximum absolute atomic E-state index is 5.39. The first-order valence-electron chi connectivity index (χ1n) is 7.22. The quantitative estimate of drug-likeness (QED) is 0.570. The van der Waals surface area contributed by atoms with Crippen LogP contribution in [-0.4, -0.2) is 35.3 Å². The average Bonchev–Trinajstić information content (AvgIpc) is 3.00. The highest BCUT2D eigenvalue weighted by Crippen LogP contribution is 2.28. The van der Waals surface area contributed by atoms with Gasteiger partial charge in [0.05, 0.1) is 26.0 Å². The van der Waals surface area contributed by atoms with Gasteiger partial charge in [-0.05, 0) is 36.5 Å². The first-order chi connectivity index (χ1) is 11.7. The molecule has 0 aliphatic heterocycles. The van der Waals surface area contributed by atoms with Gasteiger partial charge in [0, 0.05) is 5.56 Å². The van der Waals surface area contributed by atoms with E-state index in [2.05, 4.69) is 15.3 Å². The van der Waals surface area contributed by atoms with E-state index in [1.54, 1.807) is 25.1 Å². The van der Waals surface area contributed by atoms with Gasteiger partial charge in [-0.2, -0.15) is 14.9 Å². The Labute approximate surface area is 144 Å². The number of rotatable bonds is 5. The molecular formula is C17H16N4O2S. The number of aromatic amines is 1. The fourth-order valence-corrected chi connectivity index (χ4v) is 2.47. The predicted molar refractivity (Wildman–Crippen MR) is 95.4 cm³/mol. The van der Waals surface area contributed by atoms with E-state index in [1.807, 2.05) is 48.5 Å². The van der Waals surface area contributed by atoms with Gasteiger partial charge >= 0.3 is 0 Å². The Hall–Kier alpha value is -2.93. The molecule has 122 valence electrons. The molecule has 0 saturated heterocycles. The van der Waals surface area contributed by atoms with Crippen LogP contribution in [0.2, 0.25) is 0 Å². The average molecular weight is 340 g/mol. The number of benzene rings is 2. The summed E-state index contributed by atoms with van der Waals surface area (Å²) in [5, 5.41) is 11.5. The van der Waals surface area contributed by atoms with E-state index in [0.29, 0.717) is 16.3 Å². The number of methoxy groups -OCH3 is 2. The van der Waals surface area contributed by atoms with Crippen molar-refractivity contribution in [2.45, 2.75) is 0 Å². The lowest BCUT2D eigenvalue weighted by Crippen LogP contribution is -1.98. The minimum absolute atomic E-state index is 0.391. The molecule has 0 radical (unpaired) electrons. The van der Waals surface area contributed by atoms with Crippen molar-refractivity contribution in [2.24, 2.45) is 5.10 Å². The highest BCUT2D eigenvalue weighted by Gasteiger charge is 2.12. The normalized spacial score (nSPS) is 10.9. The topological polar surface area (TPSA) is 64.4 Å². The molecule has 0 atom stereocenters. The van der Waals surface area contributed by atoms with Crippen molar-refractivity contribution < 1.29 is 9.47 Å². The molecule has 7 heteroatoms. The van der Waals surface area contributed by atoms with Crippen LogP contribution in [0.1, 0.15) is 5.56 Å². The van der Waals surface area contributed by atoms with Crippen LogP contribution in [0.4, 0.5) is 0 Å². The highest BCUT2D eigenvalue weighted by atomic mass is 32.1. The molecule has 0 saturated carbocycles. The molecule has 1 aromatic heterocycles. The third kappa shape index (κ3) is 3.07. The molecule has 24 heavy (non-hydrogen) atoms. The maximum Gasteiger partial charge on any atom is 0.216 e. The number of aromatic nitrogens is 3. The number of nitrogens with zero attached hydrogens (tertiary/aromatic N) is 3. The fraction of sp³-hybridized carbons (Fsp3) is 0.118. The number of nitrogens with one attached hydrogen (secondary N) is 1. The van der Waals surface area contributed by atoms with Crippen molar-refractivity contribution in [1.82, 2.24) is 14.9 Å². The van der Waals surface area contributed by atoms with E-state index >= 15 is 0 Å². The van der Waals surface area contributed by atoms with Gasteiger partial charge in [0.25, 0.3) is 0 Å². The predicted octanol–water partition coefficient (Wildman–Crippen LogP) is 3.51. The van der Waals surface area contributed by atoms with Gasteiger partial charge in [-0.1, -0.05) is 24.3 Å². The molecular weight excluding hydrogens is 324 g/mol. The summed E-state index contributed by atoms with van der Waals surface area (Å²) in [5.74, 6) is 2.00. The minimum atomic E-state index is 0.391. The molecule has 1 N–H and O–H groups in total. The summed E-state index contributed by atoms with van der Waals surface area (Å²) in [6.07, 6.45) is 1.68. The van der Waals surface area contributed by atoms with Gasteiger partial charge in [-0.25, -0.2) is 5.10 Å². The van der Waals surface area contributed by atoms with Crippen molar-refractivity contribution >= 4 is 18.4 Å². The van der Waals surface area contributed by atoms with E-state index in [-0.39, 0.29) is 0 Å². The molecule has 0 amide bonds. The fourth-order valence-electron chi connectivity index (χ4n) is 2.30. The highest BCUT2D eigenvalue weighted by molar-refractivity contribution is 7.71. The molecule has 0 unspecified atom stereocenters. The van der Waals surface area contributed by atoms with E-state index in [4.69, 9.17) is 21.7 Å². The largest absolute Gasteiger partial charge is 0.496 e. The van der Waals surface area contributed by atoms with Crippen LogP contribution < -0.4 is 9.47 Å². The van der Waals surface area contributed by atoms with Crippen LogP contribution >= 0.6 is 12.2 Å². The first kappa shape index (κ1) is 15.9. The Morgan fingerprint density at radius 2 is 1.71 bits per heavy atom. The van der Waals surface area contributed by atoms with Crippen LogP contribution in [0.25, 0.3) is 11.4 Å². The van der Waals surface area contributed by atoms with Crippen molar-refractivity contribution in [2.75, 3.05) is 14.2 Å². The van der Waals surface area contributed by atoms with Crippen LogP contribution in [0, 0.1) is 4.77 Å². The molecule has 3 rings (SSSR count). The molecule has 1 heterocycles. The van der Waals surface area contributed by atoms with Crippen molar-refractivity contribution in [1.29, 1.82) is 0 Å². The molecule has 3 aromatic rings. The summed E-state index contributed by atoms with van der Waals surface area (Å²) in [4.78, 5) is 0. The molecule has 2 aromatic carbocycles. The molecule has 0 spiro atoms. The summed E-state index contributed by atoms with van der Waals surface area (Å²) in [6, 6.07) is 15.2. The van der Waals surface area contributed by atoms with E-state index in [0.717, 1.165) is 16.9 Å². The molecule has 6 nitrogen and oxygen atoms in total. The second-order valence-electron chi connectivity index (χ2n) is 4.85. The lowest BCUT2D eigenvalue weighted by atomic mass is 10.2. The molecule has 0 fully saturated rings. The second-order valence-corrected chi connectivity index (χ2v) is 5.24. The zero-order valence-corrected chi connectivity index (χ0v) is 14.1. The monoisotopic (exact) mass is 340 g/mol. The summed E-state index contributed by atoms with van der Waals surface area (Å²) >= 11 is 5.29. The van der Waals surface area contributed by atoms with Crippen LogP contribution in [0.3, 0.4) is 0 Å². The van der Waals surface area contributed by atoms with Gasteiger partial charge < -0.3 is 9.47 Å². The lowest BCUT2D eigenvalue weighted by Gasteiger charge is -2.07. The first-order valence-corrected chi connectivity index (χ1v) is 7.63. The second kappa shape index (κ2) is 7.10. The molecule has 0 bridgehead atoms. The zero-order chi connectivity index (χ0) is 16.9.